The fraction of sp³-hybridized carbons (Fsp3) is 0.533. The van der Waals surface area contributed by atoms with Gasteiger partial charge in [0.1, 0.15) is 35.7 Å². The number of hydrogen-bond acceptors (Lipinski definition) is 8. The molecule has 1 fully saturated rings. The second-order valence-corrected chi connectivity index (χ2v) is 5.03. The summed E-state index contributed by atoms with van der Waals surface area (Å²) in [5.41, 5.74) is 0.131. The molecule has 0 aromatic heterocycles. The van der Waals surface area contributed by atoms with Gasteiger partial charge < -0.3 is 34.6 Å². The van der Waals surface area contributed by atoms with E-state index in [1.165, 1.54) is 12.1 Å². The number of carbonyl (C=O) groups excluding carboxylic acids is 1. The van der Waals surface area contributed by atoms with Crippen molar-refractivity contribution in [1.29, 1.82) is 0 Å². The lowest BCUT2D eigenvalue weighted by molar-refractivity contribution is -0.277. The molecule has 0 spiro atoms. The van der Waals surface area contributed by atoms with E-state index in [-0.39, 0.29) is 17.9 Å². The molecule has 128 valence electrons. The van der Waals surface area contributed by atoms with E-state index < -0.39 is 43.3 Å². The van der Waals surface area contributed by atoms with Crippen LogP contribution in [-0.4, -0.2) is 70.3 Å². The van der Waals surface area contributed by atoms with E-state index in [0.717, 1.165) is 0 Å². The van der Waals surface area contributed by atoms with Crippen LogP contribution < -0.4 is 4.74 Å². The van der Waals surface area contributed by atoms with Gasteiger partial charge in [-0.25, -0.2) is 4.79 Å². The first-order valence-electron chi connectivity index (χ1n) is 7.23. The SMILES string of the molecule is CCOC(=O)c1ccccc1O[C@H]1OC(CO)[C@@H](O)C(O)C1O. The lowest BCUT2D eigenvalue weighted by Crippen LogP contribution is -2.60. The first-order chi connectivity index (χ1) is 11.0. The van der Waals surface area contributed by atoms with Crippen molar-refractivity contribution in [1.82, 2.24) is 0 Å². The van der Waals surface area contributed by atoms with E-state index >= 15 is 0 Å². The summed E-state index contributed by atoms with van der Waals surface area (Å²) >= 11 is 0. The Morgan fingerprint density at radius 3 is 2.52 bits per heavy atom. The molecule has 5 atom stereocenters. The fourth-order valence-corrected chi connectivity index (χ4v) is 2.24. The average Bonchev–Trinajstić information content (AvgIpc) is 2.56. The molecule has 0 radical (unpaired) electrons. The second-order valence-electron chi connectivity index (χ2n) is 5.03. The van der Waals surface area contributed by atoms with Crippen molar-refractivity contribution in [2.45, 2.75) is 37.6 Å². The van der Waals surface area contributed by atoms with Crippen molar-refractivity contribution in [3.8, 4) is 5.75 Å². The summed E-state index contributed by atoms with van der Waals surface area (Å²) in [6.07, 6.45) is -7.03. The van der Waals surface area contributed by atoms with E-state index in [1.54, 1.807) is 19.1 Å². The maximum atomic E-state index is 11.9. The van der Waals surface area contributed by atoms with Crippen LogP contribution in [0.15, 0.2) is 24.3 Å². The first-order valence-corrected chi connectivity index (χ1v) is 7.23. The monoisotopic (exact) mass is 328 g/mol. The van der Waals surface area contributed by atoms with Gasteiger partial charge >= 0.3 is 5.97 Å². The van der Waals surface area contributed by atoms with Gasteiger partial charge in [-0.2, -0.15) is 0 Å². The Bertz CT molecular complexity index is 532. The molecule has 0 saturated carbocycles. The lowest BCUT2D eigenvalue weighted by atomic mass is 9.99. The Hall–Kier alpha value is -1.71. The Morgan fingerprint density at radius 1 is 1.17 bits per heavy atom. The Labute approximate surface area is 132 Å². The minimum absolute atomic E-state index is 0.0929. The second kappa shape index (κ2) is 7.71. The smallest absolute Gasteiger partial charge is 0.341 e. The summed E-state index contributed by atoms with van der Waals surface area (Å²) in [5.74, 6) is -0.511. The van der Waals surface area contributed by atoms with Crippen molar-refractivity contribution in [2.75, 3.05) is 13.2 Å². The van der Waals surface area contributed by atoms with Gasteiger partial charge in [0.05, 0.1) is 13.2 Å². The molecule has 23 heavy (non-hydrogen) atoms. The van der Waals surface area contributed by atoms with Gasteiger partial charge in [0, 0.05) is 0 Å². The molecule has 0 amide bonds. The van der Waals surface area contributed by atoms with Gasteiger partial charge in [-0.3, -0.25) is 0 Å². The number of esters is 1. The summed E-state index contributed by atoms with van der Waals surface area (Å²) in [4.78, 5) is 11.9. The highest BCUT2D eigenvalue weighted by Gasteiger charge is 2.45. The zero-order chi connectivity index (χ0) is 17.0. The molecule has 0 aliphatic carbocycles. The highest BCUT2D eigenvalue weighted by molar-refractivity contribution is 5.92. The van der Waals surface area contributed by atoms with E-state index in [0.29, 0.717) is 0 Å². The van der Waals surface area contributed by atoms with Crippen LogP contribution in [0.25, 0.3) is 0 Å². The van der Waals surface area contributed by atoms with E-state index in [2.05, 4.69) is 0 Å². The number of ether oxygens (including phenoxy) is 3. The van der Waals surface area contributed by atoms with Gasteiger partial charge in [-0.15, -0.1) is 0 Å². The van der Waals surface area contributed by atoms with Gasteiger partial charge in [-0.1, -0.05) is 12.1 Å². The molecular weight excluding hydrogens is 308 g/mol. The number of benzene rings is 1. The van der Waals surface area contributed by atoms with E-state index in [9.17, 15) is 20.1 Å². The Kier molecular flexibility index (Phi) is 5.91. The molecule has 0 bridgehead atoms. The van der Waals surface area contributed by atoms with Crippen molar-refractivity contribution >= 4 is 5.97 Å². The van der Waals surface area contributed by atoms with Crippen LogP contribution in [0.2, 0.25) is 0 Å². The minimum atomic E-state index is -1.55. The maximum absolute atomic E-state index is 11.9. The quantitative estimate of drug-likeness (QED) is 0.509. The third-order valence-electron chi connectivity index (χ3n) is 3.47. The molecule has 1 aromatic rings. The summed E-state index contributed by atoms with van der Waals surface area (Å²) < 4.78 is 15.6. The zero-order valence-electron chi connectivity index (χ0n) is 12.5. The summed E-state index contributed by atoms with van der Waals surface area (Å²) in [6, 6.07) is 6.19. The molecule has 4 N–H and O–H groups in total. The Morgan fingerprint density at radius 2 is 1.87 bits per heavy atom. The molecule has 2 rings (SSSR count). The van der Waals surface area contributed by atoms with Crippen LogP contribution in [0.5, 0.6) is 5.75 Å². The van der Waals surface area contributed by atoms with Crippen LogP contribution >= 0.6 is 0 Å². The van der Waals surface area contributed by atoms with E-state index in [4.69, 9.17) is 19.3 Å². The highest BCUT2D eigenvalue weighted by atomic mass is 16.7. The molecule has 3 unspecified atom stereocenters. The molecule has 8 nitrogen and oxygen atoms in total. The molecular formula is C15H20O8. The predicted octanol–water partition coefficient (Wildman–Crippen LogP) is -0.958. The van der Waals surface area contributed by atoms with Crippen LogP contribution in [0.1, 0.15) is 17.3 Å². The lowest BCUT2D eigenvalue weighted by Gasteiger charge is -2.39. The van der Waals surface area contributed by atoms with Crippen molar-refractivity contribution in [3.05, 3.63) is 29.8 Å². The fourth-order valence-electron chi connectivity index (χ4n) is 2.24. The zero-order valence-corrected chi connectivity index (χ0v) is 12.5. The number of para-hydroxylation sites is 1. The topological polar surface area (TPSA) is 126 Å². The normalized spacial score (nSPS) is 30.7. The average molecular weight is 328 g/mol. The third kappa shape index (κ3) is 3.80. The third-order valence-corrected chi connectivity index (χ3v) is 3.47. The molecule has 1 heterocycles. The summed E-state index contributed by atoms with van der Waals surface area (Å²) in [6.45, 7) is 1.29. The molecule has 1 saturated heterocycles. The number of carbonyl (C=O) groups is 1. The van der Waals surface area contributed by atoms with Gasteiger partial charge in [0.2, 0.25) is 6.29 Å². The highest BCUT2D eigenvalue weighted by Crippen LogP contribution is 2.26. The van der Waals surface area contributed by atoms with Gasteiger partial charge in [0.25, 0.3) is 0 Å². The number of aliphatic hydroxyl groups is 4. The van der Waals surface area contributed by atoms with Crippen molar-refractivity contribution < 1.29 is 39.4 Å². The number of rotatable bonds is 5. The van der Waals surface area contributed by atoms with Crippen LogP contribution in [0, 0.1) is 0 Å². The maximum Gasteiger partial charge on any atom is 0.341 e. The van der Waals surface area contributed by atoms with Crippen molar-refractivity contribution in [3.63, 3.8) is 0 Å². The Balaban J connectivity index is 2.19. The van der Waals surface area contributed by atoms with Crippen molar-refractivity contribution in [2.24, 2.45) is 0 Å². The van der Waals surface area contributed by atoms with Crippen LogP contribution in [-0.2, 0) is 9.47 Å². The molecule has 8 heteroatoms. The predicted molar refractivity (Wildman–Crippen MR) is 76.8 cm³/mol. The van der Waals surface area contributed by atoms with Gasteiger partial charge in [-0.05, 0) is 19.1 Å². The summed E-state index contributed by atoms with van der Waals surface area (Å²) in [5, 5.41) is 38.6. The van der Waals surface area contributed by atoms with Crippen LogP contribution in [0.3, 0.4) is 0 Å². The standard InChI is InChI=1S/C15H20O8/c1-2-21-14(20)8-5-3-4-6-9(8)22-15-13(19)12(18)11(17)10(7-16)23-15/h3-6,10-13,15-19H,2,7H2,1H3/t10?,11-,12?,13?,15+/m1/s1. The van der Waals surface area contributed by atoms with Gasteiger partial charge in [0.15, 0.2) is 0 Å². The molecule has 1 aromatic carbocycles. The minimum Gasteiger partial charge on any atom is -0.462 e. The molecule has 1 aliphatic heterocycles. The molecule has 1 aliphatic rings. The number of hydrogen-bond donors (Lipinski definition) is 4. The largest absolute Gasteiger partial charge is 0.462 e. The van der Waals surface area contributed by atoms with Crippen LogP contribution in [0.4, 0.5) is 0 Å². The van der Waals surface area contributed by atoms with E-state index in [1.807, 2.05) is 0 Å². The first kappa shape index (κ1) is 17.6. The summed E-state index contributed by atoms with van der Waals surface area (Å²) in [7, 11) is 0. The number of aliphatic hydroxyl groups excluding tert-OH is 4.